The highest BCUT2D eigenvalue weighted by Crippen LogP contribution is 2.15. The summed E-state index contributed by atoms with van der Waals surface area (Å²) in [6, 6.07) is 15.0. The zero-order chi connectivity index (χ0) is 19.2. The van der Waals surface area contributed by atoms with Crippen molar-refractivity contribution in [3.8, 4) is 11.8 Å². The van der Waals surface area contributed by atoms with Gasteiger partial charge in [-0.1, -0.05) is 12.1 Å². The van der Waals surface area contributed by atoms with Crippen LogP contribution in [0.2, 0.25) is 0 Å². The molecule has 0 aliphatic carbocycles. The molecule has 2 aromatic carbocycles. The highest BCUT2D eigenvalue weighted by atomic mass is 16.5. The molecule has 27 heavy (non-hydrogen) atoms. The minimum Gasteiger partial charge on any atom is -0.449 e. The van der Waals surface area contributed by atoms with Crippen molar-refractivity contribution in [3.63, 3.8) is 0 Å². The van der Waals surface area contributed by atoms with Gasteiger partial charge in [0.1, 0.15) is 12.4 Å². The Morgan fingerprint density at radius 3 is 2.59 bits per heavy atom. The van der Waals surface area contributed by atoms with Gasteiger partial charge in [0.25, 0.3) is 5.91 Å². The van der Waals surface area contributed by atoms with E-state index >= 15 is 0 Å². The van der Waals surface area contributed by atoms with E-state index in [0.29, 0.717) is 16.9 Å². The van der Waals surface area contributed by atoms with E-state index in [1.54, 1.807) is 48.5 Å². The van der Waals surface area contributed by atoms with Crippen molar-refractivity contribution in [3.05, 3.63) is 66.0 Å². The SMILES string of the molecule is C[C@H](OC(=O)c1ccc(-n2cnnn2)cc1)C(=O)Nc1ccccc1C#N. The molecule has 0 aliphatic rings. The summed E-state index contributed by atoms with van der Waals surface area (Å²) in [6.45, 7) is 1.46. The first kappa shape index (κ1) is 17.8. The molecule has 0 saturated heterocycles. The number of rotatable bonds is 5. The first-order valence-electron chi connectivity index (χ1n) is 7.93. The summed E-state index contributed by atoms with van der Waals surface area (Å²) >= 11 is 0. The Bertz CT molecular complexity index is 993. The molecule has 1 amide bonds. The van der Waals surface area contributed by atoms with E-state index in [2.05, 4.69) is 20.8 Å². The summed E-state index contributed by atoms with van der Waals surface area (Å²) in [7, 11) is 0. The lowest BCUT2D eigenvalue weighted by molar-refractivity contribution is -0.123. The second-order valence-corrected chi connectivity index (χ2v) is 5.50. The van der Waals surface area contributed by atoms with Crippen LogP contribution < -0.4 is 5.32 Å². The summed E-state index contributed by atoms with van der Waals surface area (Å²) in [6.07, 6.45) is 0.391. The van der Waals surface area contributed by atoms with Crippen LogP contribution in [0.25, 0.3) is 5.69 Å². The highest BCUT2D eigenvalue weighted by Gasteiger charge is 2.20. The van der Waals surface area contributed by atoms with Gasteiger partial charge in [-0.25, -0.2) is 9.48 Å². The summed E-state index contributed by atoms with van der Waals surface area (Å²) in [5.41, 5.74) is 1.64. The van der Waals surface area contributed by atoms with Gasteiger partial charge < -0.3 is 10.1 Å². The van der Waals surface area contributed by atoms with E-state index in [9.17, 15) is 9.59 Å². The van der Waals surface area contributed by atoms with E-state index in [4.69, 9.17) is 10.00 Å². The third-order valence-electron chi connectivity index (χ3n) is 3.67. The molecule has 0 bridgehead atoms. The summed E-state index contributed by atoms with van der Waals surface area (Å²) < 4.78 is 6.64. The Morgan fingerprint density at radius 1 is 1.19 bits per heavy atom. The Kier molecular flexibility index (Phi) is 5.18. The number of nitriles is 1. The first-order valence-corrected chi connectivity index (χ1v) is 7.93. The predicted molar refractivity (Wildman–Crippen MR) is 93.8 cm³/mol. The molecule has 1 N–H and O–H groups in total. The maximum Gasteiger partial charge on any atom is 0.338 e. The fourth-order valence-corrected chi connectivity index (χ4v) is 2.24. The Hall–Kier alpha value is -4.06. The van der Waals surface area contributed by atoms with E-state index in [-0.39, 0.29) is 5.56 Å². The molecule has 9 heteroatoms. The lowest BCUT2D eigenvalue weighted by Gasteiger charge is -2.14. The number of para-hydroxylation sites is 1. The smallest absolute Gasteiger partial charge is 0.338 e. The van der Waals surface area contributed by atoms with Crippen LogP contribution in [0.15, 0.2) is 54.9 Å². The van der Waals surface area contributed by atoms with Crippen LogP contribution in [0, 0.1) is 11.3 Å². The fraction of sp³-hybridized carbons (Fsp3) is 0.111. The molecule has 0 aliphatic heterocycles. The molecule has 0 spiro atoms. The quantitative estimate of drug-likeness (QED) is 0.685. The van der Waals surface area contributed by atoms with E-state index in [1.807, 2.05) is 6.07 Å². The normalized spacial score (nSPS) is 11.3. The highest BCUT2D eigenvalue weighted by molar-refractivity contribution is 5.98. The van der Waals surface area contributed by atoms with Gasteiger partial charge in [-0.05, 0) is 53.7 Å². The number of amides is 1. The topological polar surface area (TPSA) is 123 Å². The third kappa shape index (κ3) is 4.13. The van der Waals surface area contributed by atoms with Gasteiger partial charge in [-0.15, -0.1) is 5.10 Å². The largest absolute Gasteiger partial charge is 0.449 e. The molecule has 0 fully saturated rings. The molecule has 1 atom stereocenters. The van der Waals surface area contributed by atoms with Crippen molar-refractivity contribution in [2.75, 3.05) is 5.32 Å². The van der Waals surface area contributed by atoms with E-state index in [1.165, 1.54) is 17.9 Å². The lowest BCUT2D eigenvalue weighted by atomic mass is 10.2. The zero-order valence-corrected chi connectivity index (χ0v) is 14.2. The van der Waals surface area contributed by atoms with Crippen LogP contribution in [0.5, 0.6) is 0 Å². The number of hydrogen-bond donors (Lipinski definition) is 1. The Labute approximate surface area is 154 Å². The maximum absolute atomic E-state index is 12.2. The minimum atomic E-state index is -1.04. The molecule has 3 aromatic rings. The number of benzene rings is 2. The molecule has 1 aromatic heterocycles. The predicted octanol–water partition coefficient (Wildman–Crippen LogP) is 1.72. The molecule has 0 unspecified atom stereocenters. The number of tetrazole rings is 1. The molecule has 0 saturated carbocycles. The maximum atomic E-state index is 12.2. The number of esters is 1. The summed E-state index contributed by atoms with van der Waals surface area (Å²) in [4.78, 5) is 24.5. The van der Waals surface area contributed by atoms with Crippen LogP contribution in [0.4, 0.5) is 5.69 Å². The number of carbonyl (C=O) groups excluding carboxylic acids is 2. The number of hydrogen-bond acceptors (Lipinski definition) is 7. The van der Waals surface area contributed by atoms with Crippen molar-refractivity contribution in [2.45, 2.75) is 13.0 Å². The van der Waals surface area contributed by atoms with Crippen LogP contribution >= 0.6 is 0 Å². The number of nitrogens with zero attached hydrogens (tertiary/aromatic N) is 5. The molecule has 0 radical (unpaired) electrons. The van der Waals surface area contributed by atoms with Gasteiger partial charge in [0.2, 0.25) is 0 Å². The number of anilines is 1. The van der Waals surface area contributed by atoms with Gasteiger partial charge in [0.05, 0.1) is 22.5 Å². The number of nitrogens with one attached hydrogen (secondary N) is 1. The molecule has 134 valence electrons. The van der Waals surface area contributed by atoms with Crippen LogP contribution in [0.3, 0.4) is 0 Å². The number of ether oxygens (including phenoxy) is 1. The van der Waals surface area contributed by atoms with Crippen molar-refractivity contribution >= 4 is 17.6 Å². The Balaban J connectivity index is 1.63. The monoisotopic (exact) mass is 362 g/mol. The van der Waals surface area contributed by atoms with Crippen LogP contribution in [0.1, 0.15) is 22.8 Å². The van der Waals surface area contributed by atoms with E-state index in [0.717, 1.165) is 0 Å². The van der Waals surface area contributed by atoms with Crippen molar-refractivity contribution in [2.24, 2.45) is 0 Å². The van der Waals surface area contributed by atoms with Gasteiger partial charge in [-0.3, -0.25) is 4.79 Å². The van der Waals surface area contributed by atoms with Gasteiger partial charge in [-0.2, -0.15) is 5.26 Å². The Morgan fingerprint density at radius 2 is 1.93 bits per heavy atom. The summed E-state index contributed by atoms with van der Waals surface area (Å²) in [5, 5.41) is 22.5. The fourth-order valence-electron chi connectivity index (χ4n) is 2.24. The minimum absolute atomic E-state index is 0.281. The van der Waals surface area contributed by atoms with Crippen molar-refractivity contribution < 1.29 is 14.3 Å². The van der Waals surface area contributed by atoms with Crippen molar-refractivity contribution in [1.29, 1.82) is 5.26 Å². The second kappa shape index (κ2) is 7.88. The average molecular weight is 362 g/mol. The molecular formula is C18H14N6O3. The molecule has 1 heterocycles. The molecular weight excluding hydrogens is 348 g/mol. The van der Waals surface area contributed by atoms with Gasteiger partial charge in [0.15, 0.2) is 6.10 Å². The van der Waals surface area contributed by atoms with Gasteiger partial charge >= 0.3 is 5.97 Å². The van der Waals surface area contributed by atoms with E-state index < -0.39 is 18.0 Å². The molecule has 9 nitrogen and oxygen atoms in total. The second-order valence-electron chi connectivity index (χ2n) is 5.50. The molecule has 3 rings (SSSR count). The number of carbonyl (C=O) groups is 2. The van der Waals surface area contributed by atoms with Crippen LogP contribution in [-0.2, 0) is 9.53 Å². The first-order chi connectivity index (χ1) is 13.1. The zero-order valence-electron chi connectivity index (χ0n) is 14.2. The average Bonchev–Trinajstić information content (AvgIpc) is 3.23. The summed E-state index contributed by atoms with van der Waals surface area (Å²) in [5.74, 6) is -1.18. The van der Waals surface area contributed by atoms with Gasteiger partial charge in [0, 0.05) is 0 Å². The third-order valence-corrected chi connectivity index (χ3v) is 3.67. The number of aromatic nitrogens is 4. The lowest BCUT2D eigenvalue weighted by Crippen LogP contribution is -2.30. The standard InChI is InChI=1S/C18H14N6O3/c1-12(17(25)21-16-5-3-2-4-14(16)10-19)27-18(26)13-6-8-15(9-7-13)24-11-20-22-23-24/h2-9,11-12H,1H3,(H,21,25)/t12-/m0/s1. The van der Waals surface area contributed by atoms with Crippen LogP contribution in [-0.4, -0.2) is 38.2 Å². The van der Waals surface area contributed by atoms with Crippen molar-refractivity contribution in [1.82, 2.24) is 20.2 Å².